The molecule has 2 heterocycles. The van der Waals surface area contributed by atoms with Crippen LogP contribution < -0.4 is 16.0 Å². The van der Waals surface area contributed by atoms with Crippen molar-refractivity contribution in [2.45, 2.75) is 13.5 Å². The van der Waals surface area contributed by atoms with Crippen LogP contribution in [-0.2, 0) is 20.6 Å². The Balaban J connectivity index is 1.83. The molecular weight excluding hydrogens is 427 g/mol. The molecule has 0 saturated heterocycles. The SMILES string of the molecule is Cc1cc(Cl)ccc1Oc1nc2c(c(=O)n(Cc3ccc(Cl)cc3)c(=O)n2C)n1C. The third kappa shape index (κ3) is 3.51. The van der Waals surface area contributed by atoms with Crippen molar-refractivity contribution in [1.82, 2.24) is 18.7 Å². The van der Waals surface area contributed by atoms with Crippen molar-refractivity contribution in [3.05, 3.63) is 84.5 Å². The molecule has 0 amide bonds. The number of nitrogens with zero attached hydrogens (tertiary/aromatic N) is 4. The largest absolute Gasteiger partial charge is 0.425 e. The molecule has 0 aliphatic heterocycles. The van der Waals surface area contributed by atoms with E-state index in [-0.39, 0.29) is 23.7 Å². The van der Waals surface area contributed by atoms with E-state index < -0.39 is 11.2 Å². The first-order valence-corrected chi connectivity index (χ1v) is 9.86. The van der Waals surface area contributed by atoms with Gasteiger partial charge < -0.3 is 4.74 Å². The van der Waals surface area contributed by atoms with E-state index >= 15 is 0 Å². The molecule has 0 spiro atoms. The number of hydrogen-bond donors (Lipinski definition) is 0. The second-order valence-corrected chi connectivity index (χ2v) is 7.87. The van der Waals surface area contributed by atoms with Crippen LogP contribution in [0.2, 0.25) is 10.0 Å². The van der Waals surface area contributed by atoms with Crippen LogP contribution in [0, 0.1) is 6.92 Å². The number of imidazole rings is 1. The molecule has 0 saturated carbocycles. The maximum Gasteiger partial charge on any atom is 0.332 e. The molecular formula is C21H18Cl2N4O3. The van der Waals surface area contributed by atoms with Gasteiger partial charge in [-0.05, 0) is 48.4 Å². The van der Waals surface area contributed by atoms with E-state index in [0.717, 1.165) is 11.1 Å². The third-order valence-electron chi connectivity index (χ3n) is 4.91. The zero-order valence-electron chi connectivity index (χ0n) is 16.5. The number of rotatable bonds is 4. The highest BCUT2D eigenvalue weighted by atomic mass is 35.5. The van der Waals surface area contributed by atoms with Crippen molar-refractivity contribution in [3.8, 4) is 11.8 Å². The predicted octanol–water partition coefficient (Wildman–Crippen LogP) is 3.89. The second kappa shape index (κ2) is 7.66. The van der Waals surface area contributed by atoms with Gasteiger partial charge >= 0.3 is 11.7 Å². The molecule has 2 aromatic heterocycles. The minimum atomic E-state index is -0.463. The van der Waals surface area contributed by atoms with Crippen LogP contribution in [0.15, 0.2) is 52.1 Å². The summed E-state index contributed by atoms with van der Waals surface area (Å²) in [5, 5.41) is 1.18. The lowest BCUT2D eigenvalue weighted by Crippen LogP contribution is -2.39. The van der Waals surface area contributed by atoms with Crippen molar-refractivity contribution in [1.29, 1.82) is 0 Å². The summed E-state index contributed by atoms with van der Waals surface area (Å²) >= 11 is 11.9. The summed E-state index contributed by atoms with van der Waals surface area (Å²) in [7, 11) is 3.25. The number of aromatic nitrogens is 4. The minimum absolute atomic E-state index is 0.121. The van der Waals surface area contributed by atoms with Crippen LogP contribution in [0.1, 0.15) is 11.1 Å². The average Bonchev–Trinajstić information content (AvgIpc) is 3.03. The van der Waals surface area contributed by atoms with E-state index in [0.29, 0.717) is 15.8 Å². The molecule has 4 rings (SSSR count). The van der Waals surface area contributed by atoms with Crippen LogP contribution >= 0.6 is 23.2 Å². The highest BCUT2D eigenvalue weighted by molar-refractivity contribution is 6.30. The Morgan fingerprint density at radius 3 is 2.30 bits per heavy atom. The molecule has 0 fully saturated rings. The van der Waals surface area contributed by atoms with Crippen LogP contribution in [0.5, 0.6) is 11.8 Å². The van der Waals surface area contributed by atoms with Crippen LogP contribution in [-0.4, -0.2) is 18.7 Å². The van der Waals surface area contributed by atoms with Gasteiger partial charge in [-0.2, -0.15) is 4.98 Å². The van der Waals surface area contributed by atoms with Gasteiger partial charge in [0.05, 0.1) is 6.54 Å². The van der Waals surface area contributed by atoms with Crippen molar-refractivity contribution in [3.63, 3.8) is 0 Å². The van der Waals surface area contributed by atoms with Crippen molar-refractivity contribution >= 4 is 34.4 Å². The Hall–Kier alpha value is -3.03. The van der Waals surface area contributed by atoms with Crippen LogP contribution in [0.25, 0.3) is 11.2 Å². The molecule has 0 atom stereocenters. The van der Waals surface area contributed by atoms with E-state index in [1.165, 1.54) is 9.13 Å². The third-order valence-corrected chi connectivity index (χ3v) is 5.40. The minimum Gasteiger partial charge on any atom is -0.425 e. The summed E-state index contributed by atoms with van der Waals surface area (Å²) < 4.78 is 9.97. The molecule has 2 aromatic carbocycles. The van der Waals surface area contributed by atoms with Gasteiger partial charge in [-0.3, -0.25) is 18.5 Å². The van der Waals surface area contributed by atoms with E-state index in [1.54, 1.807) is 61.1 Å². The summed E-state index contributed by atoms with van der Waals surface area (Å²) in [5.41, 5.74) is 1.22. The fourth-order valence-corrected chi connectivity index (χ4v) is 3.60. The quantitative estimate of drug-likeness (QED) is 0.478. The number of fused-ring (bicyclic) bond motifs is 1. The highest BCUT2D eigenvalue weighted by Gasteiger charge is 2.20. The number of benzene rings is 2. The summed E-state index contributed by atoms with van der Waals surface area (Å²) in [6.45, 7) is 1.98. The molecule has 4 aromatic rings. The normalized spacial score (nSPS) is 11.2. The Morgan fingerprint density at radius 2 is 1.63 bits per heavy atom. The van der Waals surface area contributed by atoms with E-state index in [1.807, 2.05) is 6.92 Å². The number of ether oxygens (including phenoxy) is 1. The Kier molecular flexibility index (Phi) is 5.17. The molecule has 9 heteroatoms. The molecule has 0 radical (unpaired) electrons. The molecule has 7 nitrogen and oxygen atoms in total. The zero-order chi connectivity index (χ0) is 21.6. The van der Waals surface area contributed by atoms with E-state index in [4.69, 9.17) is 27.9 Å². The predicted molar refractivity (Wildman–Crippen MR) is 117 cm³/mol. The van der Waals surface area contributed by atoms with Gasteiger partial charge in [-0.25, -0.2) is 4.79 Å². The molecule has 0 bridgehead atoms. The molecule has 0 unspecified atom stereocenters. The average molecular weight is 445 g/mol. The first-order chi connectivity index (χ1) is 14.3. The lowest BCUT2D eigenvalue weighted by Gasteiger charge is -2.09. The Morgan fingerprint density at radius 1 is 0.967 bits per heavy atom. The Bertz CT molecular complexity index is 1380. The van der Waals surface area contributed by atoms with E-state index in [9.17, 15) is 9.59 Å². The molecule has 0 N–H and O–H groups in total. The van der Waals surface area contributed by atoms with Crippen molar-refractivity contribution in [2.75, 3.05) is 0 Å². The van der Waals surface area contributed by atoms with Gasteiger partial charge in [-0.15, -0.1) is 0 Å². The monoisotopic (exact) mass is 444 g/mol. The highest BCUT2D eigenvalue weighted by Crippen LogP contribution is 2.27. The fraction of sp³-hybridized carbons (Fsp3) is 0.190. The maximum absolute atomic E-state index is 13.2. The van der Waals surface area contributed by atoms with Gasteiger partial charge in [-0.1, -0.05) is 35.3 Å². The number of aryl methyl sites for hydroxylation is 3. The molecule has 0 aliphatic carbocycles. The zero-order valence-corrected chi connectivity index (χ0v) is 18.0. The molecule has 30 heavy (non-hydrogen) atoms. The van der Waals surface area contributed by atoms with E-state index in [2.05, 4.69) is 4.98 Å². The molecule has 154 valence electrons. The smallest absolute Gasteiger partial charge is 0.332 e. The standard InChI is InChI=1S/C21H18Cl2N4O3/c1-12-10-15(23)8-9-16(12)30-20-24-18-17(25(20)2)19(28)27(21(29)26(18)3)11-13-4-6-14(22)7-5-13/h4-10H,11H2,1-3H3. The summed E-state index contributed by atoms with van der Waals surface area (Å²) in [5.74, 6) is 0.560. The van der Waals surface area contributed by atoms with Gasteiger partial charge in [0.1, 0.15) is 5.75 Å². The topological polar surface area (TPSA) is 71.1 Å². The van der Waals surface area contributed by atoms with Crippen molar-refractivity contribution < 1.29 is 4.74 Å². The van der Waals surface area contributed by atoms with Gasteiger partial charge in [0.25, 0.3) is 5.56 Å². The first kappa shape index (κ1) is 20.3. The van der Waals surface area contributed by atoms with Crippen molar-refractivity contribution in [2.24, 2.45) is 14.1 Å². The van der Waals surface area contributed by atoms with Gasteiger partial charge in [0, 0.05) is 24.1 Å². The summed E-state index contributed by atoms with van der Waals surface area (Å²) in [4.78, 5) is 30.4. The maximum atomic E-state index is 13.2. The number of hydrogen-bond acceptors (Lipinski definition) is 4. The van der Waals surface area contributed by atoms with Crippen LogP contribution in [0.3, 0.4) is 0 Å². The van der Waals surface area contributed by atoms with Gasteiger partial charge in [0.15, 0.2) is 11.2 Å². The van der Waals surface area contributed by atoms with Gasteiger partial charge in [0.2, 0.25) is 0 Å². The Labute approximate surface area is 181 Å². The fourth-order valence-electron chi connectivity index (χ4n) is 3.25. The number of halogens is 2. The summed E-state index contributed by atoms with van der Waals surface area (Å²) in [6, 6.07) is 12.4. The first-order valence-electron chi connectivity index (χ1n) is 9.11. The second-order valence-electron chi connectivity index (χ2n) is 7.00. The van der Waals surface area contributed by atoms with Crippen LogP contribution in [0.4, 0.5) is 0 Å². The summed E-state index contributed by atoms with van der Waals surface area (Å²) in [6.07, 6.45) is 0. The molecule has 0 aliphatic rings. The lowest BCUT2D eigenvalue weighted by atomic mass is 10.2. The lowest BCUT2D eigenvalue weighted by molar-refractivity contribution is 0.424.